The van der Waals surface area contributed by atoms with Crippen LogP contribution in [0.3, 0.4) is 0 Å². The van der Waals surface area contributed by atoms with Crippen molar-refractivity contribution in [3.8, 4) is 5.75 Å². The number of nitro groups is 1. The van der Waals surface area contributed by atoms with Crippen LogP contribution in [0.4, 0.5) is 5.69 Å². The maximum absolute atomic E-state index is 10.6. The smallest absolute Gasteiger partial charge is 0.311 e. The molecule has 2 rings (SSSR count). The Morgan fingerprint density at radius 1 is 1.56 bits per heavy atom. The normalized spacial score (nSPS) is 20.6. The van der Waals surface area contributed by atoms with Crippen LogP contribution in [0.25, 0.3) is 0 Å². The number of benzene rings is 1. The van der Waals surface area contributed by atoms with Crippen molar-refractivity contribution in [1.29, 1.82) is 0 Å². The van der Waals surface area contributed by atoms with Gasteiger partial charge in [-0.15, -0.1) is 0 Å². The highest BCUT2D eigenvalue weighted by Crippen LogP contribution is 2.30. The lowest BCUT2D eigenvalue weighted by molar-refractivity contribution is -0.386. The van der Waals surface area contributed by atoms with Crippen LogP contribution >= 0.6 is 0 Å². The standard InChI is InChI=1S/C10H12N2O4/c13-9-2-1-7(5-8(9)12(14)15)10-6-11-3-4-16-10/h1-2,5,10-11,13H,3-4,6H2. The zero-order chi connectivity index (χ0) is 11.5. The molecule has 0 aliphatic carbocycles. The van der Waals surface area contributed by atoms with E-state index in [2.05, 4.69) is 5.32 Å². The molecule has 6 heteroatoms. The SMILES string of the molecule is O=[N+]([O-])c1cc(C2CNCCO2)ccc1O. The molecule has 0 aromatic heterocycles. The molecule has 1 fully saturated rings. The highest BCUT2D eigenvalue weighted by Gasteiger charge is 2.20. The third kappa shape index (κ3) is 2.12. The van der Waals surface area contributed by atoms with Crippen molar-refractivity contribution in [3.05, 3.63) is 33.9 Å². The molecule has 0 radical (unpaired) electrons. The zero-order valence-electron chi connectivity index (χ0n) is 8.55. The van der Waals surface area contributed by atoms with Crippen LogP contribution < -0.4 is 5.32 Å². The summed E-state index contributed by atoms with van der Waals surface area (Å²) in [6, 6.07) is 4.32. The molecule has 1 aliphatic heterocycles. The van der Waals surface area contributed by atoms with E-state index in [9.17, 15) is 15.2 Å². The number of hydrogen-bond donors (Lipinski definition) is 2. The Morgan fingerprint density at radius 2 is 2.38 bits per heavy atom. The molecular weight excluding hydrogens is 212 g/mol. The van der Waals surface area contributed by atoms with Gasteiger partial charge in [0.25, 0.3) is 0 Å². The summed E-state index contributed by atoms with van der Waals surface area (Å²) >= 11 is 0. The topological polar surface area (TPSA) is 84.6 Å². The van der Waals surface area contributed by atoms with E-state index < -0.39 is 4.92 Å². The summed E-state index contributed by atoms with van der Waals surface area (Å²) in [7, 11) is 0. The Bertz CT molecular complexity index is 402. The largest absolute Gasteiger partial charge is 0.502 e. The van der Waals surface area contributed by atoms with Gasteiger partial charge < -0.3 is 15.2 Å². The van der Waals surface area contributed by atoms with Gasteiger partial charge in [-0.05, 0) is 11.6 Å². The van der Waals surface area contributed by atoms with E-state index in [4.69, 9.17) is 4.74 Å². The first-order valence-electron chi connectivity index (χ1n) is 4.98. The maximum atomic E-state index is 10.6. The van der Waals surface area contributed by atoms with Crippen molar-refractivity contribution < 1.29 is 14.8 Å². The van der Waals surface area contributed by atoms with Gasteiger partial charge in [-0.25, -0.2) is 0 Å². The van der Waals surface area contributed by atoms with Crippen LogP contribution in [0.1, 0.15) is 11.7 Å². The van der Waals surface area contributed by atoms with Crippen molar-refractivity contribution >= 4 is 5.69 Å². The summed E-state index contributed by atoms with van der Waals surface area (Å²) < 4.78 is 5.47. The number of nitrogens with zero attached hydrogens (tertiary/aromatic N) is 1. The third-order valence-electron chi connectivity index (χ3n) is 2.50. The monoisotopic (exact) mass is 224 g/mol. The van der Waals surface area contributed by atoms with Crippen molar-refractivity contribution in [3.63, 3.8) is 0 Å². The molecule has 0 bridgehead atoms. The average Bonchev–Trinajstić information content (AvgIpc) is 2.30. The number of hydrogen-bond acceptors (Lipinski definition) is 5. The number of nitrogens with one attached hydrogen (secondary N) is 1. The number of phenolic OH excluding ortho intramolecular Hbond substituents is 1. The molecule has 1 aliphatic rings. The first-order valence-corrected chi connectivity index (χ1v) is 4.98. The number of phenols is 1. The fourth-order valence-corrected chi connectivity index (χ4v) is 1.67. The number of rotatable bonds is 2. The molecule has 1 aromatic carbocycles. The maximum Gasteiger partial charge on any atom is 0.311 e. The molecule has 16 heavy (non-hydrogen) atoms. The van der Waals surface area contributed by atoms with E-state index >= 15 is 0 Å². The summed E-state index contributed by atoms with van der Waals surface area (Å²) in [5.41, 5.74) is 0.420. The average molecular weight is 224 g/mol. The van der Waals surface area contributed by atoms with Gasteiger partial charge in [0.15, 0.2) is 5.75 Å². The minimum Gasteiger partial charge on any atom is -0.502 e. The van der Waals surface area contributed by atoms with E-state index in [1.807, 2.05) is 0 Å². The lowest BCUT2D eigenvalue weighted by atomic mass is 10.1. The van der Waals surface area contributed by atoms with Gasteiger partial charge in [0.2, 0.25) is 0 Å². The molecule has 0 spiro atoms. The van der Waals surface area contributed by atoms with Crippen molar-refractivity contribution in [2.45, 2.75) is 6.10 Å². The van der Waals surface area contributed by atoms with E-state index in [-0.39, 0.29) is 17.5 Å². The Balaban J connectivity index is 2.27. The van der Waals surface area contributed by atoms with Crippen LogP contribution in [0.2, 0.25) is 0 Å². The second-order valence-electron chi connectivity index (χ2n) is 3.57. The molecule has 1 aromatic rings. The number of ether oxygens (including phenoxy) is 1. The van der Waals surface area contributed by atoms with Crippen molar-refractivity contribution in [1.82, 2.24) is 5.32 Å². The molecule has 0 saturated carbocycles. The fraction of sp³-hybridized carbons (Fsp3) is 0.400. The lowest BCUT2D eigenvalue weighted by Crippen LogP contribution is -2.33. The summed E-state index contributed by atoms with van der Waals surface area (Å²) in [4.78, 5) is 10.0. The van der Waals surface area contributed by atoms with Crippen LogP contribution in [0.15, 0.2) is 18.2 Å². The summed E-state index contributed by atoms with van der Waals surface area (Å²) in [6.07, 6.45) is -0.187. The minimum atomic E-state index is -0.602. The van der Waals surface area contributed by atoms with Gasteiger partial charge in [0, 0.05) is 19.2 Å². The van der Waals surface area contributed by atoms with Gasteiger partial charge in [0.05, 0.1) is 17.6 Å². The van der Waals surface area contributed by atoms with Gasteiger partial charge in [-0.2, -0.15) is 0 Å². The molecule has 2 N–H and O–H groups in total. The summed E-state index contributed by atoms with van der Waals surface area (Å²) in [5.74, 6) is -0.322. The number of nitro benzene ring substituents is 1. The fourth-order valence-electron chi connectivity index (χ4n) is 1.67. The zero-order valence-corrected chi connectivity index (χ0v) is 8.55. The van der Waals surface area contributed by atoms with Gasteiger partial charge in [0.1, 0.15) is 0 Å². The van der Waals surface area contributed by atoms with E-state index in [0.29, 0.717) is 18.7 Å². The second-order valence-corrected chi connectivity index (χ2v) is 3.57. The summed E-state index contributed by atoms with van der Waals surface area (Å²) in [6.45, 7) is 2.00. The van der Waals surface area contributed by atoms with Crippen LogP contribution in [0, 0.1) is 10.1 Å². The van der Waals surface area contributed by atoms with E-state index in [1.54, 1.807) is 6.07 Å². The molecule has 1 saturated heterocycles. The van der Waals surface area contributed by atoms with Crippen molar-refractivity contribution in [2.24, 2.45) is 0 Å². The predicted octanol–water partition coefficient (Wildman–Crippen LogP) is 0.961. The minimum absolute atomic E-state index is 0.187. The van der Waals surface area contributed by atoms with Gasteiger partial charge in [-0.1, -0.05) is 6.07 Å². The molecule has 1 atom stereocenters. The molecular formula is C10H12N2O4. The Morgan fingerprint density at radius 3 is 3.00 bits per heavy atom. The molecule has 6 nitrogen and oxygen atoms in total. The first-order chi connectivity index (χ1) is 7.68. The highest BCUT2D eigenvalue weighted by atomic mass is 16.6. The number of aromatic hydroxyl groups is 1. The van der Waals surface area contributed by atoms with Crippen LogP contribution in [-0.2, 0) is 4.74 Å². The third-order valence-corrected chi connectivity index (χ3v) is 2.50. The van der Waals surface area contributed by atoms with Gasteiger partial charge >= 0.3 is 5.69 Å². The number of morpholine rings is 1. The first kappa shape index (κ1) is 10.8. The lowest BCUT2D eigenvalue weighted by Gasteiger charge is -2.23. The Kier molecular flexibility index (Phi) is 3.02. The van der Waals surface area contributed by atoms with Crippen LogP contribution in [0.5, 0.6) is 5.75 Å². The predicted molar refractivity (Wildman–Crippen MR) is 56.3 cm³/mol. The highest BCUT2D eigenvalue weighted by molar-refractivity contribution is 5.48. The second kappa shape index (κ2) is 4.46. The van der Waals surface area contributed by atoms with E-state index in [1.165, 1.54) is 12.1 Å². The molecule has 1 unspecified atom stereocenters. The van der Waals surface area contributed by atoms with Crippen molar-refractivity contribution in [2.75, 3.05) is 19.7 Å². The quantitative estimate of drug-likeness (QED) is 0.577. The Hall–Kier alpha value is -1.66. The van der Waals surface area contributed by atoms with Crippen LogP contribution in [-0.4, -0.2) is 29.7 Å². The molecule has 0 amide bonds. The van der Waals surface area contributed by atoms with E-state index in [0.717, 1.165) is 6.54 Å². The molecule has 86 valence electrons. The molecule has 1 heterocycles. The van der Waals surface area contributed by atoms with Gasteiger partial charge in [-0.3, -0.25) is 10.1 Å². The Labute approximate surface area is 92.0 Å². The summed E-state index contributed by atoms with van der Waals surface area (Å²) in [5, 5.41) is 23.1.